The van der Waals surface area contributed by atoms with Crippen molar-refractivity contribution in [2.75, 3.05) is 39.7 Å². The first kappa shape index (κ1) is 21.6. The Morgan fingerprint density at radius 3 is 2.47 bits per heavy atom. The minimum atomic E-state index is -0.306. The van der Waals surface area contributed by atoms with Crippen molar-refractivity contribution in [1.29, 1.82) is 0 Å². The Labute approximate surface area is 176 Å². The minimum absolute atomic E-state index is 0.0851. The van der Waals surface area contributed by atoms with Crippen molar-refractivity contribution in [2.24, 2.45) is 0 Å². The van der Waals surface area contributed by atoms with Crippen LogP contribution in [0.4, 0.5) is 5.69 Å². The van der Waals surface area contributed by atoms with E-state index in [1.807, 2.05) is 43.3 Å². The molecule has 0 aliphatic carbocycles. The summed E-state index contributed by atoms with van der Waals surface area (Å²) in [4.78, 5) is 25.9. The molecule has 160 valence electrons. The van der Waals surface area contributed by atoms with Gasteiger partial charge in [-0.1, -0.05) is 18.2 Å². The standard InChI is InChI=1S/C23H28N2O5/c1-15-7-5-6-8-18(15)24-22(26)14-25-10-9-16-11-20(28-2)21(29-3)12-17(16)19(25)13-23(27)30-4/h5-8,11-12,19H,9-10,13-14H2,1-4H3,(H,24,26)/p+1/t19-/m0/s1. The average molecular weight is 413 g/mol. The molecule has 7 heteroatoms. The van der Waals surface area contributed by atoms with Crippen LogP contribution in [0.25, 0.3) is 0 Å². The SMILES string of the molecule is COC(=O)C[C@H]1c2cc(OC)c(OC)cc2CC[NH+]1CC(=O)Nc1ccccc1C. The molecular weight excluding hydrogens is 384 g/mol. The van der Waals surface area contributed by atoms with E-state index < -0.39 is 0 Å². The number of methoxy groups -OCH3 is 3. The fourth-order valence-corrected chi connectivity index (χ4v) is 4.00. The van der Waals surface area contributed by atoms with Gasteiger partial charge in [0.1, 0.15) is 12.5 Å². The summed E-state index contributed by atoms with van der Waals surface area (Å²) in [6, 6.07) is 11.3. The van der Waals surface area contributed by atoms with E-state index in [1.165, 1.54) is 7.11 Å². The lowest BCUT2D eigenvalue weighted by Gasteiger charge is -2.34. The highest BCUT2D eigenvalue weighted by molar-refractivity contribution is 5.92. The molecule has 1 amide bonds. The number of rotatable bonds is 7. The number of carbonyl (C=O) groups excluding carboxylic acids is 2. The zero-order valence-electron chi connectivity index (χ0n) is 17.9. The number of benzene rings is 2. The van der Waals surface area contributed by atoms with Gasteiger partial charge in [0.05, 0.1) is 27.9 Å². The van der Waals surface area contributed by atoms with Gasteiger partial charge in [-0.3, -0.25) is 9.59 Å². The molecule has 1 heterocycles. The number of quaternary nitrogens is 1. The molecule has 30 heavy (non-hydrogen) atoms. The Hall–Kier alpha value is -3.06. The largest absolute Gasteiger partial charge is 0.493 e. The fraction of sp³-hybridized carbons (Fsp3) is 0.391. The van der Waals surface area contributed by atoms with Crippen molar-refractivity contribution in [2.45, 2.75) is 25.8 Å². The van der Waals surface area contributed by atoms with Crippen LogP contribution < -0.4 is 19.7 Å². The van der Waals surface area contributed by atoms with Crippen LogP contribution in [0.3, 0.4) is 0 Å². The average Bonchev–Trinajstić information content (AvgIpc) is 2.75. The molecule has 0 aromatic heterocycles. The monoisotopic (exact) mass is 413 g/mol. The van der Waals surface area contributed by atoms with Crippen molar-refractivity contribution in [3.05, 3.63) is 53.1 Å². The van der Waals surface area contributed by atoms with Gasteiger partial charge in [-0.05, 0) is 36.2 Å². The summed E-state index contributed by atoms with van der Waals surface area (Å²) in [5.74, 6) is 0.878. The predicted molar refractivity (Wildman–Crippen MR) is 113 cm³/mol. The number of amides is 1. The van der Waals surface area contributed by atoms with Crippen LogP contribution in [0.15, 0.2) is 36.4 Å². The fourth-order valence-electron chi connectivity index (χ4n) is 4.00. The van der Waals surface area contributed by atoms with E-state index in [0.717, 1.165) is 40.2 Å². The third-order valence-electron chi connectivity index (χ3n) is 5.63. The van der Waals surface area contributed by atoms with Crippen molar-refractivity contribution < 1.29 is 28.7 Å². The summed E-state index contributed by atoms with van der Waals surface area (Å²) in [5.41, 5.74) is 3.90. The zero-order chi connectivity index (χ0) is 21.7. The maximum absolute atomic E-state index is 12.8. The molecule has 0 spiro atoms. The third-order valence-corrected chi connectivity index (χ3v) is 5.63. The number of esters is 1. The van der Waals surface area contributed by atoms with Crippen molar-refractivity contribution >= 4 is 17.6 Å². The first-order chi connectivity index (χ1) is 14.5. The summed E-state index contributed by atoms with van der Waals surface area (Å²) in [5, 5.41) is 2.99. The highest BCUT2D eigenvalue weighted by Gasteiger charge is 2.35. The Bertz CT molecular complexity index is 928. The van der Waals surface area contributed by atoms with Crippen LogP contribution in [0, 0.1) is 6.92 Å². The summed E-state index contributed by atoms with van der Waals surface area (Å²) >= 11 is 0. The van der Waals surface area contributed by atoms with Gasteiger partial charge < -0.3 is 24.4 Å². The molecule has 0 saturated heterocycles. The van der Waals surface area contributed by atoms with Gasteiger partial charge >= 0.3 is 5.97 Å². The van der Waals surface area contributed by atoms with Gasteiger partial charge in [0.15, 0.2) is 18.0 Å². The molecule has 3 rings (SSSR count). The van der Waals surface area contributed by atoms with E-state index in [0.29, 0.717) is 11.5 Å². The predicted octanol–water partition coefficient (Wildman–Crippen LogP) is 1.70. The summed E-state index contributed by atoms with van der Waals surface area (Å²) in [6.07, 6.45) is 0.965. The lowest BCUT2D eigenvalue weighted by molar-refractivity contribution is -0.925. The number of fused-ring (bicyclic) bond motifs is 1. The Balaban J connectivity index is 1.86. The summed E-state index contributed by atoms with van der Waals surface area (Å²) in [6.45, 7) is 2.94. The topological polar surface area (TPSA) is 78.3 Å². The number of ether oxygens (including phenoxy) is 3. The smallest absolute Gasteiger partial charge is 0.311 e. The second kappa shape index (κ2) is 9.63. The van der Waals surface area contributed by atoms with E-state index in [9.17, 15) is 9.59 Å². The van der Waals surface area contributed by atoms with Crippen LogP contribution in [-0.4, -0.2) is 46.3 Å². The zero-order valence-corrected chi connectivity index (χ0v) is 17.9. The second-order valence-corrected chi connectivity index (χ2v) is 7.44. The number of hydrogen-bond acceptors (Lipinski definition) is 5. The highest BCUT2D eigenvalue weighted by atomic mass is 16.5. The lowest BCUT2D eigenvalue weighted by atomic mass is 9.90. The third kappa shape index (κ3) is 4.74. The highest BCUT2D eigenvalue weighted by Crippen LogP contribution is 2.35. The van der Waals surface area contributed by atoms with Gasteiger partial charge in [0.2, 0.25) is 0 Å². The van der Waals surface area contributed by atoms with Crippen LogP contribution in [-0.2, 0) is 20.7 Å². The van der Waals surface area contributed by atoms with Crippen LogP contribution in [0.2, 0.25) is 0 Å². The minimum Gasteiger partial charge on any atom is -0.493 e. The molecule has 1 unspecified atom stereocenters. The number of nitrogens with one attached hydrogen (secondary N) is 2. The van der Waals surface area contributed by atoms with E-state index in [1.54, 1.807) is 14.2 Å². The molecule has 0 radical (unpaired) electrons. The number of aryl methyl sites for hydroxylation is 1. The summed E-state index contributed by atoms with van der Waals surface area (Å²) in [7, 11) is 4.57. The van der Waals surface area contributed by atoms with Crippen molar-refractivity contribution in [3.63, 3.8) is 0 Å². The maximum atomic E-state index is 12.8. The van der Waals surface area contributed by atoms with Gasteiger partial charge in [0.25, 0.3) is 5.91 Å². The van der Waals surface area contributed by atoms with Gasteiger partial charge in [0, 0.05) is 17.7 Å². The Morgan fingerprint density at radius 1 is 1.10 bits per heavy atom. The number of hydrogen-bond donors (Lipinski definition) is 2. The molecule has 0 fully saturated rings. The number of anilines is 1. The molecule has 0 saturated carbocycles. The van der Waals surface area contributed by atoms with Gasteiger partial charge in [-0.25, -0.2) is 0 Å². The van der Waals surface area contributed by atoms with Crippen molar-refractivity contribution in [3.8, 4) is 11.5 Å². The Morgan fingerprint density at radius 2 is 1.80 bits per heavy atom. The molecule has 2 aromatic carbocycles. The van der Waals surface area contributed by atoms with Crippen molar-refractivity contribution in [1.82, 2.24) is 0 Å². The molecule has 2 N–H and O–H groups in total. The van der Waals surface area contributed by atoms with Crippen LogP contribution in [0.1, 0.15) is 29.2 Å². The quantitative estimate of drug-likeness (QED) is 0.676. The number of para-hydroxylation sites is 1. The maximum Gasteiger partial charge on any atom is 0.311 e. The molecular formula is C23H29N2O5+. The number of carbonyl (C=O) groups is 2. The molecule has 1 aliphatic heterocycles. The molecule has 7 nitrogen and oxygen atoms in total. The normalized spacial score (nSPS) is 17.6. The van der Waals surface area contributed by atoms with Gasteiger partial charge in [-0.15, -0.1) is 0 Å². The van der Waals surface area contributed by atoms with Gasteiger partial charge in [-0.2, -0.15) is 0 Å². The molecule has 2 atom stereocenters. The Kier molecular flexibility index (Phi) is 6.95. The van der Waals surface area contributed by atoms with E-state index in [2.05, 4.69) is 5.32 Å². The lowest BCUT2D eigenvalue weighted by Crippen LogP contribution is -3.14. The van der Waals surface area contributed by atoms with E-state index in [4.69, 9.17) is 14.2 Å². The van der Waals surface area contributed by atoms with Crippen LogP contribution >= 0.6 is 0 Å². The summed E-state index contributed by atoms with van der Waals surface area (Å²) < 4.78 is 15.8. The molecule has 0 bridgehead atoms. The van der Waals surface area contributed by atoms with E-state index >= 15 is 0 Å². The molecule has 1 aliphatic rings. The first-order valence-electron chi connectivity index (χ1n) is 9.98. The second-order valence-electron chi connectivity index (χ2n) is 7.44. The van der Waals surface area contributed by atoms with Crippen LogP contribution in [0.5, 0.6) is 11.5 Å². The van der Waals surface area contributed by atoms with E-state index in [-0.39, 0.29) is 30.9 Å². The molecule has 2 aromatic rings. The first-order valence-corrected chi connectivity index (χ1v) is 9.98.